The number of carbonyl (C=O) groups excluding carboxylic acids is 1. The second-order valence-corrected chi connectivity index (χ2v) is 5.43. The number of urea groups is 1. The van der Waals surface area contributed by atoms with Crippen LogP contribution in [-0.4, -0.2) is 24.2 Å². The number of hydrogen-bond donors (Lipinski definition) is 1. The summed E-state index contributed by atoms with van der Waals surface area (Å²) < 4.78 is 5.61. The molecule has 1 saturated heterocycles. The van der Waals surface area contributed by atoms with E-state index < -0.39 is 0 Å². The molecule has 4 rings (SSSR count). The fourth-order valence-electron chi connectivity index (χ4n) is 2.74. The van der Waals surface area contributed by atoms with E-state index in [0.29, 0.717) is 13.2 Å². The minimum atomic E-state index is -0.270. The first-order chi connectivity index (χ1) is 10.8. The molecular formula is C17H16N2O3. The van der Waals surface area contributed by atoms with E-state index in [1.165, 1.54) is 5.06 Å². The highest BCUT2D eigenvalue weighted by atomic mass is 16.8. The van der Waals surface area contributed by atoms with Gasteiger partial charge in [0.2, 0.25) is 6.23 Å². The van der Waals surface area contributed by atoms with Crippen LogP contribution in [0, 0.1) is 0 Å². The molecule has 2 aliphatic heterocycles. The lowest BCUT2D eigenvalue weighted by atomic mass is 10.0. The average Bonchev–Trinajstić information content (AvgIpc) is 3.28. The molecule has 2 amide bonds. The smallest absolute Gasteiger partial charge is 0.344 e. The van der Waals surface area contributed by atoms with E-state index >= 15 is 0 Å². The lowest BCUT2D eigenvalue weighted by Gasteiger charge is -2.10. The largest absolute Gasteiger partial charge is 0.493 e. The number of benzene rings is 2. The Kier molecular flexibility index (Phi) is 3.20. The van der Waals surface area contributed by atoms with E-state index in [9.17, 15) is 4.79 Å². The molecule has 5 heteroatoms. The summed E-state index contributed by atoms with van der Waals surface area (Å²) in [6, 6.07) is 17.4. The number of nitrogens with zero attached hydrogens (tertiary/aromatic N) is 1. The number of fused-ring (bicyclic) bond motifs is 1. The molecule has 5 nitrogen and oxygen atoms in total. The highest BCUT2D eigenvalue weighted by Gasteiger charge is 2.42. The minimum absolute atomic E-state index is 0.190. The Hall–Kier alpha value is -2.53. The fourth-order valence-corrected chi connectivity index (χ4v) is 2.74. The minimum Gasteiger partial charge on any atom is -0.493 e. The molecule has 0 bridgehead atoms. The maximum Gasteiger partial charge on any atom is 0.344 e. The number of hydroxylamine groups is 2. The summed E-state index contributed by atoms with van der Waals surface area (Å²) in [6.45, 7) is 1.14. The molecule has 0 aromatic heterocycles. The zero-order chi connectivity index (χ0) is 14.9. The third kappa shape index (κ3) is 2.40. The summed E-state index contributed by atoms with van der Waals surface area (Å²) in [5.41, 5.74) is 2.13. The summed E-state index contributed by atoms with van der Waals surface area (Å²) in [5.74, 6) is 1.10. The standard InChI is InChI=1S/C17H16N2O3/c20-17(19-16(22-19)12-6-2-1-3-7-12)18-10-13-11-21-15-9-5-4-8-14(13)15/h1-9,13,16H,10-11H2,(H,18,20). The van der Waals surface area contributed by atoms with E-state index in [-0.39, 0.29) is 18.2 Å². The molecule has 22 heavy (non-hydrogen) atoms. The SMILES string of the molecule is O=C(NCC1COc2ccccc21)N1OC1c1ccccc1. The lowest BCUT2D eigenvalue weighted by Crippen LogP contribution is -2.32. The molecule has 1 N–H and O–H groups in total. The third-order valence-corrected chi connectivity index (χ3v) is 3.96. The van der Waals surface area contributed by atoms with Gasteiger partial charge in [0.05, 0.1) is 6.61 Å². The van der Waals surface area contributed by atoms with Crippen molar-refractivity contribution in [2.24, 2.45) is 0 Å². The fraction of sp³-hybridized carbons (Fsp3) is 0.235. The summed E-state index contributed by atoms with van der Waals surface area (Å²) >= 11 is 0. The first-order valence-electron chi connectivity index (χ1n) is 7.33. The van der Waals surface area contributed by atoms with E-state index in [0.717, 1.165) is 16.9 Å². The van der Waals surface area contributed by atoms with Gasteiger partial charge in [0, 0.05) is 23.6 Å². The molecule has 2 heterocycles. The molecule has 2 aliphatic rings. The Morgan fingerprint density at radius 2 is 1.91 bits per heavy atom. The van der Waals surface area contributed by atoms with Gasteiger partial charge in [-0.2, -0.15) is 5.06 Å². The maximum absolute atomic E-state index is 12.1. The van der Waals surface area contributed by atoms with Gasteiger partial charge in [-0.05, 0) is 6.07 Å². The predicted octanol–water partition coefficient (Wildman–Crippen LogP) is 2.82. The molecule has 0 spiro atoms. The van der Waals surface area contributed by atoms with Crippen LogP contribution in [0.15, 0.2) is 54.6 Å². The Labute approximate surface area is 128 Å². The summed E-state index contributed by atoms with van der Waals surface area (Å²) in [5, 5.41) is 4.27. The summed E-state index contributed by atoms with van der Waals surface area (Å²) in [6.07, 6.45) is -0.270. The van der Waals surface area contributed by atoms with E-state index in [1.807, 2.05) is 54.6 Å². The number of carbonyl (C=O) groups is 1. The van der Waals surface area contributed by atoms with E-state index in [2.05, 4.69) is 5.32 Å². The van der Waals surface area contributed by atoms with Gasteiger partial charge in [-0.15, -0.1) is 0 Å². The van der Waals surface area contributed by atoms with Crippen LogP contribution in [-0.2, 0) is 4.84 Å². The molecular weight excluding hydrogens is 280 g/mol. The molecule has 0 aliphatic carbocycles. The van der Waals surface area contributed by atoms with Crippen molar-refractivity contribution in [1.82, 2.24) is 10.4 Å². The molecule has 0 radical (unpaired) electrons. The van der Waals surface area contributed by atoms with Crippen LogP contribution in [0.25, 0.3) is 0 Å². The van der Waals surface area contributed by atoms with Crippen LogP contribution in [0.1, 0.15) is 23.3 Å². The van der Waals surface area contributed by atoms with Crippen molar-refractivity contribution < 1.29 is 14.4 Å². The number of rotatable bonds is 3. The van der Waals surface area contributed by atoms with Crippen LogP contribution in [0.4, 0.5) is 4.79 Å². The third-order valence-electron chi connectivity index (χ3n) is 3.96. The average molecular weight is 296 g/mol. The van der Waals surface area contributed by atoms with Crippen LogP contribution in [0.3, 0.4) is 0 Å². The number of amides is 2. The zero-order valence-electron chi connectivity index (χ0n) is 11.9. The predicted molar refractivity (Wildman–Crippen MR) is 80.2 cm³/mol. The Bertz CT molecular complexity index is 689. The van der Waals surface area contributed by atoms with Crippen molar-refractivity contribution in [3.05, 3.63) is 65.7 Å². The Morgan fingerprint density at radius 1 is 1.14 bits per heavy atom. The van der Waals surface area contributed by atoms with Gasteiger partial charge >= 0.3 is 6.03 Å². The van der Waals surface area contributed by atoms with Crippen molar-refractivity contribution in [3.63, 3.8) is 0 Å². The first kappa shape index (κ1) is 13.2. The second kappa shape index (κ2) is 5.35. The van der Waals surface area contributed by atoms with Crippen LogP contribution in [0.5, 0.6) is 5.75 Å². The van der Waals surface area contributed by atoms with Crippen LogP contribution >= 0.6 is 0 Å². The van der Waals surface area contributed by atoms with Crippen molar-refractivity contribution in [3.8, 4) is 5.75 Å². The molecule has 1 fully saturated rings. The maximum atomic E-state index is 12.1. The monoisotopic (exact) mass is 296 g/mol. The quantitative estimate of drug-likeness (QED) is 0.886. The second-order valence-electron chi connectivity index (χ2n) is 5.43. The van der Waals surface area contributed by atoms with Crippen LogP contribution < -0.4 is 10.1 Å². The molecule has 2 unspecified atom stereocenters. The van der Waals surface area contributed by atoms with Gasteiger partial charge < -0.3 is 10.1 Å². The van der Waals surface area contributed by atoms with Crippen LogP contribution in [0.2, 0.25) is 0 Å². The van der Waals surface area contributed by atoms with E-state index in [4.69, 9.17) is 9.57 Å². The Balaban J connectivity index is 1.33. The lowest BCUT2D eigenvalue weighted by molar-refractivity contribution is 0.176. The van der Waals surface area contributed by atoms with Gasteiger partial charge in [0.25, 0.3) is 0 Å². The summed E-state index contributed by atoms with van der Waals surface area (Å²) in [4.78, 5) is 17.4. The normalized spacial score (nSPS) is 21.9. The topological polar surface area (TPSA) is 53.9 Å². The molecule has 2 aromatic rings. The number of para-hydroxylation sites is 1. The Morgan fingerprint density at radius 3 is 2.77 bits per heavy atom. The highest BCUT2D eigenvalue weighted by Crippen LogP contribution is 2.37. The number of nitrogens with one attached hydrogen (secondary N) is 1. The van der Waals surface area contributed by atoms with Gasteiger partial charge in [-0.3, -0.25) is 0 Å². The molecule has 2 atom stereocenters. The molecule has 112 valence electrons. The van der Waals surface area contributed by atoms with E-state index in [1.54, 1.807) is 0 Å². The molecule has 2 aromatic carbocycles. The van der Waals surface area contributed by atoms with Crippen molar-refractivity contribution in [2.45, 2.75) is 12.1 Å². The van der Waals surface area contributed by atoms with Gasteiger partial charge in [0.15, 0.2) is 0 Å². The van der Waals surface area contributed by atoms with Gasteiger partial charge in [-0.25, -0.2) is 9.63 Å². The van der Waals surface area contributed by atoms with Gasteiger partial charge in [-0.1, -0.05) is 48.5 Å². The van der Waals surface area contributed by atoms with Gasteiger partial charge in [0.1, 0.15) is 5.75 Å². The zero-order valence-corrected chi connectivity index (χ0v) is 11.9. The number of hydrogen-bond acceptors (Lipinski definition) is 3. The molecule has 0 saturated carbocycles. The number of ether oxygens (including phenoxy) is 1. The first-order valence-corrected chi connectivity index (χ1v) is 7.33. The van der Waals surface area contributed by atoms with Crippen molar-refractivity contribution in [2.75, 3.05) is 13.2 Å². The summed E-state index contributed by atoms with van der Waals surface area (Å²) in [7, 11) is 0. The van der Waals surface area contributed by atoms with Crippen molar-refractivity contribution in [1.29, 1.82) is 0 Å². The highest BCUT2D eigenvalue weighted by molar-refractivity contribution is 5.75. The van der Waals surface area contributed by atoms with Crippen molar-refractivity contribution >= 4 is 6.03 Å².